The Kier molecular flexibility index (Phi) is 5.60. The number of pyridine rings is 1. The SMILES string of the molecule is COc1cc2c(cc1S(=O)(=O)Nc1noc3cc(C(F)n4cccn4)nc(OC)c13)CCCC2. The molecule has 10 nitrogen and oxygen atoms in total. The van der Waals surface area contributed by atoms with Crippen molar-refractivity contribution in [1.29, 1.82) is 0 Å². The van der Waals surface area contributed by atoms with Crippen LogP contribution in [0.1, 0.15) is 36.0 Å². The van der Waals surface area contributed by atoms with Crippen molar-refractivity contribution in [2.75, 3.05) is 18.9 Å². The summed E-state index contributed by atoms with van der Waals surface area (Å²) < 4.78 is 61.0. The van der Waals surface area contributed by atoms with E-state index in [0.29, 0.717) is 0 Å². The van der Waals surface area contributed by atoms with Gasteiger partial charge in [-0.15, -0.1) is 0 Å². The van der Waals surface area contributed by atoms with Gasteiger partial charge in [-0.2, -0.15) is 5.10 Å². The zero-order valence-electron chi connectivity index (χ0n) is 18.5. The molecule has 0 aliphatic heterocycles. The van der Waals surface area contributed by atoms with Gasteiger partial charge in [0, 0.05) is 18.5 Å². The summed E-state index contributed by atoms with van der Waals surface area (Å²) in [4.78, 5) is 4.18. The van der Waals surface area contributed by atoms with Gasteiger partial charge in [0.15, 0.2) is 11.4 Å². The Morgan fingerprint density at radius 3 is 2.59 bits per heavy atom. The molecule has 3 aromatic heterocycles. The number of aromatic nitrogens is 4. The largest absolute Gasteiger partial charge is 0.495 e. The van der Waals surface area contributed by atoms with Crippen LogP contribution in [0.15, 0.2) is 46.1 Å². The number of anilines is 1. The summed E-state index contributed by atoms with van der Waals surface area (Å²) in [6.45, 7) is 0. The van der Waals surface area contributed by atoms with E-state index < -0.39 is 16.3 Å². The molecule has 0 amide bonds. The lowest BCUT2D eigenvalue weighted by atomic mass is 9.92. The predicted octanol–water partition coefficient (Wildman–Crippen LogP) is 3.63. The first kappa shape index (κ1) is 22.1. The number of hydrogen-bond acceptors (Lipinski definition) is 8. The van der Waals surface area contributed by atoms with Crippen molar-refractivity contribution in [3.05, 3.63) is 53.5 Å². The van der Waals surface area contributed by atoms with Crippen LogP contribution in [0.3, 0.4) is 0 Å². The molecule has 1 aliphatic rings. The number of halogens is 1. The third-order valence-corrected chi connectivity index (χ3v) is 7.15. The van der Waals surface area contributed by atoms with E-state index in [1.165, 1.54) is 32.7 Å². The average molecular weight is 488 g/mol. The van der Waals surface area contributed by atoms with E-state index in [9.17, 15) is 12.8 Å². The van der Waals surface area contributed by atoms with E-state index in [1.807, 2.05) is 0 Å². The quantitative estimate of drug-likeness (QED) is 0.419. The third-order valence-electron chi connectivity index (χ3n) is 5.79. The highest BCUT2D eigenvalue weighted by Crippen LogP contribution is 2.37. The summed E-state index contributed by atoms with van der Waals surface area (Å²) in [6.07, 6.45) is 4.94. The number of ether oxygens (including phenoxy) is 2. The molecule has 0 saturated carbocycles. The van der Waals surface area contributed by atoms with E-state index in [0.717, 1.165) is 41.5 Å². The Balaban J connectivity index is 1.54. The van der Waals surface area contributed by atoms with Crippen LogP contribution < -0.4 is 14.2 Å². The van der Waals surface area contributed by atoms with E-state index in [-0.39, 0.29) is 39.0 Å². The van der Waals surface area contributed by atoms with Crippen LogP contribution >= 0.6 is 0 Å². The molecule has 1 aliphatic carbocycles. The zero-order chi connectivity index (χ0) is 23.9. The number of methoxy groups -OCH3 is 2. The van der Waals surface area contributed by atoms with Gasteiger partial charge >= 0.3 is 0 Å². The van der Waals surface area contributed by atoms with Crippen LogP contribution in [0.4, 0.5) is 10.2 Å². The maximum absolute atomic E-state index is 14.9. The number of hydrogen-bond donors (Lipinski definition) is 1. The number of fused-ring (bicyclic) bond motifs is 2. The molecule has 0 bridgehead atoms. The van der Waals surface area contributed by atoms with Crippen LogP contribution in [0.2, 0.25) is 0 Å². The first-order valence-electron chi connectivity index (χ1n) is 10.6. The van der Waals surface area contributed by atoms with Gasteiger partial charge in [-0.1, -0.05) is 5.16 Å². The summed E-state index contributed by atoms with van der Waals surface area (Å²) in [7, 11) is -1.34. The Hall–Kier alpha value is -3.67. The summed E-state index contributed by atoms with van der Waals surface area (Å²) in [6, 6.07) is 6.32. The van der Waals surface area contributed by atoms with Crippen LogP contribution in [-0.2, 0) is 22.9 Å². The molecule has 1 aromatic carbocycles. The summed E-state index contributed by atoms with van der Waals surface area (Å²) in [5.74, 6) is 0.0756. The van der Waals surface area contributed by atoms with Crippen molar-refractivity contribution < 1.29 is 26.8 Å². The van der Waals surface area contributed by atoms with Crippen molar-refractivity contribution in [3.8, 4) is 11.6 Å². The molecule has 34 heavy (non-hydrogen) atoms. The molecule has 178 valence electrons. The standard InChI is InChI=1S/C22H22FN5O5S/c1-31-16-10-13-6-3-4-7-14(13)11-18(16)34(29,30)27-21-19-17(33-26-21)12-15(25-22(19)32-2)20(23)28-9-5-8-24-28/h5,8-12,20H,3-4,6-7H2,1-2H3,(H,26,27). The highest BCUT2D eigenvalue weighted by Gasteiger charge is 2.28. The lowest BCUT2D eigenvalue weighted by Crippen LogP contribution is -2.16. The second kappa shape index (κ2) is 8.60. The molecular weight excluding hydrogens is 465 g/mol. The number of sulfonamides is 1. The van der Waals surface area contributed by atoms with Crippen LogP contribution in [0.5, 0.6) is 11.6 Å². The van der Waals surface area contributed by atoms with Gasteiger partial charge < -0.3 is 14.0 Å². The van der Waals surface area contributed by atoms with Crippen molar-refractivity contribution >= 4 is 26.8 Å². The first-order chi connectivity index (χ1) is 16.4. The molecule has 12 heteroatoms. The van der Waals surface area contributed by atoms with Gasteiger partial charge in [-0.05, 0) is 55.0 Å². The normalized spacial score (nSPS) is 14.6. The van der Waals surface area contributed by atoms with Gasteiger partial charge in [0.1, 0.15) is 21.7 Å². The minimum Gasteiger partial charge on any atom is -0.495 e. The lowest BCUT2D eigenvalue weighted by Gasteiger charge is -2.19. The molecule has 0 radical (unpaired) electrons. The smallest absolute Gasteiger partial charge is 0.266 e. The van der Waals surface area contributed by atoms with Gasteiger partial charge in [0.05, 0.1) is 14.2 Å². The van der Waals surface area contributed by atoms with Crippen LogP contribution in [0.25, 0.3) is 11.0 Å². The number of aryl methyl sites for hydroxylation is 2. The highest BCUT2D eigenvalue weighted by atomic mass is 32.2. The Bertz CT molecular complexity index is 1450. The summed E-state index contributed by atoms with van der Waals surface area (Å²) >= 11 is 0. The Morgan fingerprint density at radius 1 is 1.15 bits per heavy atom. The zero-order valence-corrected chi connectivity index (χ0v) is 19.3. The van der Waals surface area contributed by atoms with Crippen molar-refractivity contribution in [2.45, 2.75) is 36.9 Å². The molecule has 0 fully saturated rings. The van der Waals surface area contributed by atoms with Crippen LogP contribution in [-0.4, -0.2) is 42.6 Å². The minimum absolute atomic E-state index is 0.00199. The molecule has 0 saturated heterocycles. The first-order valence-corrected chi connectivity index (χ1v) is 12.1. The fraction of sp³-hybridized carbons (Fsp3) is 0.318. The van der Waals surface area contributed by atoms with Crippen LogP contribution in [0, 0.1) is 0 Å². The van der Waals surface area contributed by atoms with Gasteiger partial charge in [0.2, 0.25) is 12.2 Å². The molecule has 5 rings (SSSR count). The number of benzene rings is 1. The maximum Gasteiger partial charge on any atom is 0.266 e. The van der Waals surface area contributed by atoms with Gasteiger partial charge in [-0.25, -0.2) is 22.5 Å². The fourth-order valence-corrected chi connectivity index (χ4v) is 5.34. The highest BCUT2D eigenvalue weighted by molar-refractivity contribution is 7.92. The van der Waals surface area contributed by atoms with Gasteiger partial charge in [-0.3, -0.25) is 4.72 Å². The number of rotatable bonds is 7. The van der Waals surface area contributed by atoms with Gasteiger partial charge in [0.25, 0.3) is 10.0 Å². The average Bonchev–Trinajstić information content (AvgIpc) is 3.52. The molecule has 1 N–H and O–H groups in total. The Morgan fingerprint density at radius 2 is 1.91 bits per heavy atom. The Labute approximate surface area is 194 Å². The minimum atomic E-state index is -4.11. The second-order valence-electron chi connectivity index (χ2n) is 7.87. The second-order valence-corrected chi connectivity index (χ2v) is 9.52. The number of nitrogens with zero attached hydrogens (tertiary/aromatic N) is 4. The molecule has 1 unspecified atom stereocenters. The van der Waals surface area contributed by atoms with Crippen molar-refractivity contribution in [2.24, 2.45) is 0 Å². The number of alkyl halides is 1. The molecule has 0 spiro atoms. The number of nitrogens with one attached hydrogen (secondary N) is 1. The topological polar surface area (TPSA) is 121 Å². The fourth-order valence-electron chi connectivity index (χ4n) is 4.13. The molecule has 4 aromatic rings. The van der Waals surface area contributed by atoms with E-state index in [4.69, 9.17) is 14.0 Å². The third kappa shape index (κ3) is 3.83. The molecular formula is C22H22FN5O5S. The molecule has 3 heterocycles. The van der Waals surface area contributed by atoms with E-state index >= 15 is 0 Å². The monoisotopic (exact) mass is 487 g/mol. The van der Waals surface area contributed by atoms with E-state index in [1.54, 1.807) is 18.2 Å². The van der Waals surface area contributed by atoms with Crippen molar-refractivity contribution in [1.82, 2.24) is 19.9 Å². The van der Waals surface area contributed by atoms with E-state index in [2.05, 4.69) is 20.0 Å². The summed E-state index contributed by atoms with van der Waals surface area (Å²) in [5.41, 5.74) is 2.14. The summed E-state index contributed by atoms with van der Waals surface area (Å²) in [5, 5.41) is 7.89. The predicted molar refractivity (Wildman–Crippen MR) is 120 cm³/mol. The lowest BCUT2D eigenvalue weighted by molar-refractivity contribution is 0.262. The maximum atomic E-state index is 14.9. The van der Waals surface area contributed by atoms with Crippen molar-refractivity contribution in [3.63, 3.8) is 0 Å². The molecule has 1 atom stereocenters.